The van der Waals surface area contributed by atoms with Gasteiger partial charge in [0.15, 0.2) is 0 Å². The molecule has 1 aliphatic rings. The number of carbonyl (C=O) groups is 2. The Morgan fingerprint density at radius 1 is 0.879 bits per heavy atom. The van der Waals surface area contributed by atoms with Crippen molar-refractivity contribution in [3.05, 3.63) is 89.6 Å². The first kappa shape index (κ1) is 22.1. The monoisotopic (exact) mass is 442 g/mol. The lowest BCUT2D eigenvalue weighted by Gasteiger charge is -2.19. The number of ether oxygens (including phenoxy) is 2. The average molecular weight is 443 g/mol. The molecule has 0 spiro atoms. The van der Waals surface area contributed by atoms with Crippen LogP contribution in [0.3, 0.4) is 0 Å². The second-order valence-corrected chi connectivity index (χ2v) is 7.73. The smallest absolute Gasteiger partial charge is 0.282 e. The molecule has 33 heavy (non-hydrogen) atoms. The van der Waals surface area contributed by atoms with E-state index in [1.165, 1.54) is 4.90 Å². The number of nitrogens with zero attached hydrogens (tertiary/aromatic N) is 1. The molecule has 4 rings (SSSR count). The van der Waals surface area contributed by atoms with Gasteiger partial charge in [-0.15, -0.1) is 0 Å². The van der Waals surface area contributed by atoms with Crippen LogP contribution in [0.25, 0.3) is 5.57 Å². The number of amides is 2. The summed E-state index contributed by atoms with van der Waals surface area (Å²) in [6.45, 7) is 4.47. The summed E-state index contributed by atoms with van der Waals surface area (Å²) < 4.78 is 11.0. The third-order valence-electron chi connectivity index (χ3n) is 5.35. The second kappa shape index (κ2) is 9.61. The van der Waals surface area contributed by atoms with Gasteiger partial charge in [-0.2, -0.15) is 0 Å². The molecule has 0 bridgehead atoms. The van der Waals surface area contributed by atoms with Crippen molar-refractivity contribution in [2.24, 2.45) is 0 Å². The molecular formula is C27H26N2O4. The van der Waals surface area contributed by atoms with Crippen LogP contribution in [-0.4, -0.2) is 25.5 Å². The van der Waals surface area contributed by atoms with Crippen LogP contribution in [0.4, 0.5) is 11.4 Å². The first-order chi connectivity index (χ1) is 16.0. The zero-order valence-electron chi connectivity index (χ0n) is 18.9. The van der Waals surface area contributed by atoms with E-state index in [9.17, 15) is 9.59 Å². The quantitative estimate of drug-likeness (QED) is 0.487. The van der Waals surface area contributed by atoms with Gasteiger partial charge in [-0.25, -0.2) is 4.90 Å². The van der Waals surface area contributed by atoms with E-state index in [4.69, 9.17) is 9.47 Å². The Labute approximate surface area is 193 Å². The third kappa shape index (κ3) is 4.46. The van der Waals surface area contributed by atoms with Crippen molar-refractivity contribution in [1.29, 1.82) is 0 Å². The van der Waals surface area contributed by atoms with Crippen molar-refractivity contribution in [1.82, 2.24) is 0 Å². The molecule has 0 radical (unpaired) electrons. The molecule has 6 heteroatoms. The number of aryl methyl sites for hydroxylation is 1. The van der Waals surface area contributed by atoms with Crippen LogP contribution >= 0.6 is 0 Å². The van der Waals surface area contributed by atoms with Gasteiger partial charge in [-0.3, -0.25) is 9.59 Å². The molecule has 1 heterocycles. The lowest BCUT2D eigenvalue weighted by atomic mass is 10.0. The van der Waals surface area contributed by atoms with Crippen molar-refractivity contribution < 1.29 is 19.1 Å². The van der Waals surface area contributed by atoms with Crippen molar-refractivity contribution in [2.75, 3.05) is 23.9 Å². The van der Waals surface area contributed by atoms with Crippen LogP contribution in [0.1, 0.15) is 24.5 Å². The topological polar surface area (TPSA) is 67.9 Å². The molecule has 2 amide bonds. The molecule has 0 saturated carbocycles. The van der Waals surface area contributed by atoms with E-state index in [1.807, 2.05) is 44.2 Å². The number of hydrogen-bond acceptors (Lipinski definition) is 5. The Balaban J connectivity index is 1.78. The van der Waals surface area contributed by atoms with E-state index in [2.05, 4.69) is 5.32 Å². The lowest BCUT2D eigenvalue weighted by Crippen LogP contribution is -2.32. The summed E-state index contributed by atoms with van der Waals surface area (Å²) in [5.41, 5.74) is 3.38. The van der Waals surface area contributed by atoms with Crippen molar-refractivity contribution in [3.63, 3.8) is 0 Å². The summed E-state index contributed by atoms with van der Waals surface area (Å²) in [6.07, 6.45) is 0.813. The van der Waals surface area contributed by atoms with Gasteiger partial charge < -0.3 is 14.8 Å². The van der Waals surface area contributed by atoms with Crippen LogP contribution in [-0.2, 0) is 9.59 Å². The maximum Gasteiger partial charge on any atom is 0.282 e. The first-order valence-corrected chi connectivity index (χ1v) is 10.9. The van der Waals surface area contributed by atoms with Crippen molar-refractivity contribution in [3.8, 4) is 11.5 Å². The summed E-state index contributed by atoms with van der Waals surface area (Å²) in [5.74, 6) is 0.368. The van der Waals surface area contributed by atoms with Gasteiger partial charge in [-0.1, -0.05) is 48.9 Å². The molecular weight excluding hydrogens is 416 g/mol. The van der Waals surface area contributed by atoms with E-state index in [0.717, 1.165) is 12.0 Å². The molecule has 0 aromatic heterocycles. The number of imide groups is 1. The van der Waals surface area contributed by atoms with E-state index in [-0.39, 0.29) is 5.70 Å². The van der Waals surface area contributed by atoms with Crippen LogP contribution in [0.15, 0.2) is 78.5 Å². The molecule has 3 aromatic carbocycles. The highest BCUT2D eigenvalue weighted by Crippen LogP contribution is 2.38. The van der Waals surface area contributed by atoms with Gasteiger partial charge in [0.05, 0.1) is 25.0 Å². The first-order valence-electron chi connectivity index (χ1n) is 10.9. The SMILES string of the molecule is CCCOc1ccccc1N1C(=O)C(Nc2ccc(OC)cc2)=C(c2ccc(C)cc2)C1=O. The molecule has 0 unspecified atom stereocenters. The molecule has 1 N–H and O–H groups in total. The fourth-order valence-electron chi connectivity index (χ4n) is 3.65. The summed E-state index contributed by atoms with van der Waals surface area (Å²) >= 11 is 0. The number of hydrogen-bond donors (Lipinski definition) is 1. The van der Waals surface area contributed by atoms with Gasteiger partial charge in [-0.05, 0) is 55.3 Å². The molecule has 1 aliphatic heterocycles. The number of para-hydroxylation sites is 2. The summed E-state index contributed by atoms with van der Waals surface area (Å²) in [4.78, 5) is 28.5. The fraction of sp³-hybridized carbons (Fsp3) is 0.185. The van der Waals surface area contributed by atoms with Gasteiger partial charge in [0, 0.05) is 5.69 Å². The minimum absolute atomic E-state index is 0.222. The fourth-order valence-corrected chi connectivity index (χ4v) is 3.65. The zero-order chi connectivity index (χ0) is 23.4. The standard InChI is InChI=1S/C27H26N2O4/c1-4-17-33-23-8-6-5-7-22(23)29-26(30)24(19-11-9-18(2)10-12-19)25(27(29)31)28-20-13-15-21(32-3)16-14-20/h5-16,28H,4,17H2,1-3H3. The average Bonchev–Trinajstić information content (AvgIpc) is 3.08. The number of nitrogens with one attached hydrogen (secondary N) is 1. The van der Waals surface area contributed by atoms with Gasteiger partial charge in [0.2, 0.25) is 0 Å². The van der Waals surface area contributed by atoms with Crippen molar-refractivity contribution in [2.45, 2.75) is 20.3 Å². The van der Waals surface area contributed by atoms with Gasteiger partial charge in [0.1, 0.15) is 17.2 Å². The van der Waals surface area contributed by atoms with E-state index < -0.39 is 11.8 Å². The summed E-state index contributed by atoms with van der Waals surface area (Å²) in [7, 11) is 1.59. The predicted octanol–water partition coefficient (Wildman–Crippen LogP) is 5.19. The maximum absolute atomic E-state index is 13.7. The summed E-state index contributed by atoms with van der Waals surface area (Å²) in [5, 5.41) is 3.17. The Bertz CT molecular complexity index is 1200. The summed E-state index contributed by atoms with van der Waals surface area (Å²) in [6, 6.07) is 21.9. The number of benzene rings is 3. The van der Waals surface area contributed by atoms with Crippen molar-refractivity contribution >= 4 is 28.8 Å². The zero-order valence-corrected chi connectivity index (χ0v) is 18.9. The second-order valence-electron chi connectivity index (χ2n) is 7.73. The molecule has 0 atom stereocenters. The van der Waals surface area contributed by atoms with Crippen LogP contribution in [0.5, 0.6) is 11.5 Å². The van der Waals surface area contributed by atoms with Crippen LogP contribution in [0, 0.1) is 6.92 Å². The van der Waals surface area contributed by atoms with Gasteiger partial charge >= 0.3 is 0 Å². The highest BCUT2D eigenvalue weighted by molar-refractivity contribution is 6.46. The Kier molecular flexibility index (Phi) is 6.45. The molecule has 3 aromatic rings. The van der Waals surface area contributed by atoms with E-state index in [1.54, 1.807) is 49.6 Å². The largest absolute Gasteiger partial charge is 0.497 e. The molecule has 0 fully saturated rings. The molecule has 168 valence electrons. The number of rotatable bonds is 8. The Morgan fingerprint density at radius 3 is 2.24 bits per heavy atom. The normalized spacial score (nSPS) is 13.5. The molecule has 6 nitrogen and oxygen atoms in total. The van der Waals surface area contributed by atoms with Crippen LogP contribution < -0.4 is 19.7 Å². The van der Waals surface area contributed by atoms with Gasteiger partial charge in [0.25, 0.3) is 11.8 Å². The molecule has 0 aliphatic carbocycles. The van der Waals surface area contributed by atoms with E-state index >= 15 is 0 Å². The number of carbonyl (C=O) groups excluding carboxylic acids is 2. The van der Waals surface area contributed by atoms with Crippen LogP contribution in [0.2, 0.25) is 0 Å². The maximum atomic E-state index is 13.7. The van der Waals surface area contributed by atoms with E-state index in [0.29, 0.717) is 40.6 Å². The minimum atomic E-state index is -0.432. The molecule has 0 saturated heterocycles. The highest BCUT2D eigenvalue weighted by Gasteiger charge is 2.41. The Hall–Kier alpha value is -4.06. The highest BCUT2D eigenvalue weighted by atomic mass is 16.5. The Morgan fingerprint density at radius 2 is 1.58 bits per heavy atom. The minimum Gasteiger partial charge on any atom is -0.497 e. The number of methoxy groups -OCH3 is 1. The third-order valence-corrected chi connectivity index (χ3v) is 5.35. The lowest BCUT2D eigenvalue weighted by molar-refractivity contribution is -0.120. The number of anilines is 2. The predicted molar refractivity (Wildman–Crippen MR) is 129 cm³/mol.